The van der Waals surface area contributed by atoms with Crippen molar-refractivity contribution in [2.75, 3.05) is 10.6 Å². The summed E-state index contributed by atoms with van der Waals surface area (Å²) < 4.78 is 1.84. The molecule has 1 fully saturated rings. The van der Waals surface area contributed by atoms with Crippen molar-refractivity contribution < 1.29 is 0 Å². The third kappa shape index (κ3) is 4.05. The number of rotatable bonds is 6. The summed E-state index contributed by atoms with van der Waals surface area (Å²) in [5, 5.41) is 19.7. The molecule has 31 heavy (non-hydrogen) atoms. The van der Waals surface area contributed by atoms with Crippen LogP contribution in [0, 0.1) is 0 Å². The highest BCUT2D eigenvalue weighted by Crippen LogP contribution is 2.31. The number of anilines is 3. The molecule has 0 spiro atoms. The van der Waals surface area contributed by atoms with Gasteiger partial charge in [-0.25, -0.2) is 4.98 Å². The van der Waals surface area contributed by atoms with E-state index in [-0.39, 0.29) is 0 Å². The average molecular weight is 415 g/mol. The van der Waals surface area contributed by atoms with Crippen LogP contribution < -0.4 is 10.6 Å². The molecule has 1 aliphatic carbocycles. The van der Waals surface area contributed by atoms with E-state index in [1.807, 2.05) is 42.3 Å². The summed E-state index contributed by atoms with van der Waals surface area (Å²) in [4.78, 5) is 9.39. The fourth-order valence-corrected chi connectivity index (χ4v) is 3.67. The minimum atomic E-state index is 0.384. The van der Waals surface area contributed by atoms with Gasteiger partial charge in [0.15, 0.2) is 11.6 Å². The van der Waals surface area contributed by atoms with Crippen LogP contribution in [0.15, 0.2) is 42.9 Å². The van der Waals surface area contributed by atoms with E-state index in [0.717, 1.165) is 33.5 Å². The fourth-order valence-electron chi connectivity index (χ4n) is 3.67. The molecule has 4 aromatic heterocycles. The summed E-state index contributed by atoms with van der Waals surface area (Å²) in [5.41, 5.74) is 4.82. The predicted octanol–water partition coefficient (Wildman–Crippen LogP) is 4.65. The Kier molecular flexibility index (Phi) is 4.97. The summed E-state index contributed by atoms with van der Waals surface area (Å²) in [7, 11) is 1.94. The highest BCUT2D eigenvalue weighted by molar-refractivity contribution is 5.84. The number of aromatic nitrogens is 6. The monoisotopic (exact) mass is 414 g/mol. The van der Waals surface area contributed by atoms with Crippen LogP contribution in [0.4, 0.5) is 17.5 Å². The second-order valence-electron chi connectivity index (χ2n) is 8.45. The highest BCUT2D eigenvalue weighted by atomic mass is 15.3. The third-order valence-corrected chi connectivity index (χ3v) is 5.72. The first-order chi connectivity index (χ1) is 15.0. The molecule has 4 aromatic rings. The molecule has 0 bridgehead atoms. The van der Waals surface area contributed by atoms with Crippen molar-refractivity contribution in [1.29, 1.82) is 0 Å². The summed E-state index contributed by atoms with van der Waals surface area (Å²) in [6, 6.07) is 8.45. The lowest BCUT2D eigenvalue weighted by Crippen LogP contribution is -2.27. The van der Waals surface area contributed by atoms with Crippen molar-refractivity contribution in [1.82, 2.24) is 29.9 Å². The van der Waals surface area contributed by atoms with E-state index in [1.165, 1.54) is 19.3 Å². The molecular weight excluding hydrogens is 388 g/mol. The zero-order valence-electron chi connectivity index (χ0n) is 18.0. The van der Waals surface area contributed by atoms with Gasteiger partial charge in [0.05, 0.1) is 17.2 Å². The van der Waals surface area contributed by atoms with Crippen LogP contribution in [0.5, 0.6) is 0 Å². The van der Waals surface area contributed by atoms with Gasteiger partial charge in [-0.2, -0.15) is 10.2 Å². The Bertz CT molecular complexity index is 1230. The molecule has 1 saturated carbocycles. The zero-order chi connectivity index (χ0) is 21.4. The number of pyridine rings is 2. The van der Waals surface area contributed by atoms with Crippen molar-refractivity contribution in [3.63, 3.8) is 0 Å². The number of nitrogens with zero attached hydrogens (tertiary/aromatic N) is 6. The van der Waals surface area contributed by atoms with Gasteiger partial charge < -0.3 is 10.6 Å². The summed E-state index contributed by atoms with van der Waals surface area (Å²) in [5.74, 6) is 2.68. The van der Waals surface area contributed by atoms with Crippen LogP contribution in [-0.2, 0) is 7.05 Å². The lowest BCUT2D eigenvalue weighted by Gasteiger charge is -2.26. The molecule has 0 radical (unpaired) electrons. The maximum Gasteiger partial charge on any atom is 0.156 e. The molecule has 158 valence electrons. The van der Waals surface area contributed by atoms with Crippen molar-refractivity contribution in [2.45, 2.75) is 45.1 Å². The number of hydrogen-bond acceptors (Lipinski definition) is 7. The van der Waals surface area contributed by atoms with E-state index in [1.54, 1.807) is 6.20 Å². The SMILES string of the molecule is CC(C)c1cnnc(Nc2ccc3ncc(-c4cn(C)nc4NC4CCC4)cc3n2)c1. The van der Waals surface area contributed by atoms with Crippen molar-refractivity contribution in [3.05, 3.63) is 48.4 Å². The summed E-state index contributed by atoms with van der Waals surface area (Å²) in [6.07, 6.45) is 9.38. The molecular formula is C23H26N8. The summed E-state index contributed by atoms with van der Waals surface area (Å²) in [6.45, 7) is 4.27. The molecule has 0 atom stereocenters. The van der Waals surface area contributed by atoms with Gasteiger partial charge in [0.25, 0.3) is 0 Å². The Labute approximate surface area is 181 Å². The third-order valence-electron chi connectivity index (χ3n) is 5.72. The minimum Gasteiger partial charge on any atom is -0.365 e. The Hall–Kier alpha value is -3.55. The highest BCUT2D eigenvalue weighted by Gasteiger charge is 2.20. The van der Waals surface area contributed by atoms with Crippen LogP contribution in [0.2, 0.25) is 0 Å². The van der Waals surface area contributed by atoms with Crippen LogP contribution in [-0.4, -0.2) is 36.0 Å². The number of hydrogen-bond donors (Lipinski definition) is 2. The Morgan fingerprint density at radius 3 is 2.71 bits per heavy atom. The van der Waals surface area contributed by atoms with Gasteiger partial charge in [0.1, 0.15) is 5.82 Å². The quantitative estimate of drug-likeness (QED) is 0.474. The molecule has 0 saturated heterocycles. The van der Waals surface area contributed by atoms with E-state index >= 15 is 0 Å². The first-order valence-corrected chi connectivity index (χ1v) is 10.7. The molecule has 2 N–H and O–H groups in total. The maximum atomic E-state index is 4.77. The number of aryl methyl sites for hydroxylation is 1. The Morgan fingerprint density at radius 2 is 1.94 bits per heavy atom. The molecule has 0 aromatic carbocycles. The van der Waals surface area contributed by atoms with E-state index in [2.05, 4.69) is 50.8 Å². The van der Waals surface area contributed by atoms with Crippen molar-refractivity contribution in [2.24, 2.45) is 7.05 Å². The molecule has 8 nitrogen and oxygen atoms in total. The van der Waals surface area contributed by atoms with Crippen LogP contribution in [0.1, 0.15) is 44.6 Å². The summed E-state index contributed by atoms with van der Waals surface area (Å²) >= 11 is 0. The molecule has 8 heteroatoms. The normalized spacial score (nSPS) is 14.1. The number of nitrogens with one attached hydrogen (secondary N) is 2. The Morgan fingerprint density at radius 1 is 1.06 bits per heavy atom. The Balaban J connectivity index is 1.45. The molecule has 4 heterocycles. The van der Waals surface area contributed by atoms with Gasteiger partial charge in [-0.15, -0.1) is 5.10 Å². The molecule has 0 aliphatic heterocycles. The number of fused-ring (bicyclic) bond motifs is 1. The zero-order valence-corrected chi connectivity index (χ0v) is 18.0. The second-order valence-corrected chi connectivity index (χ2v) is 8.45. The molecule has 1 aliphatic rings. The van der Waals surface area contributed by atoms with E-state index < -0.39 is 0 Å². The van der Waals surface area contributed by atoms with Gasteiger partial charge in [0, 0.05) is 36.6 Å². The first-order valence-electron chi connectivity index (χ1n) is 10.7. The van der Waals surface area contributed by atoms with Crippen molar-refractivity contribution in [3.8, 4) is 11.1 Å². The largest absolute Gasteiger partial charge is 0.365 e. The first kappa shape index (κ1) is 19.4. The lowest BCUT2D eigenvalue weighted by atomic mass is 9.93. The lowest BCUT2D eigenvalue weighted by molar-refractivity contribution is 0.444. The maximum absolute atomic E-state index is 4.77. The smallest absolute Gasteiger partial charge is 0.156 e. The molecule has 0 unspecified atom stereocenters. The van der Waals surface area contributed by atoms with Gasteiger partial charge in [-0.1, -0.05) is 13.8 Å². The van der Waals surface area contributed by atoms with Crippen LogP contribution in [0.3, 0.4) is 0 Å². The van der Waals surface area contributed by atoms with Crippen LogP contribution in [0.25, 0.3) is 22.2 Å². The fraction of sp³-hybridized carbons (Fsp3) is 0.348. The van der Waals surface area contributed by atoms with Crippen molar-refractivity contribution >= 4 is 28.5 Å². The predicted molar refractivity (Wildman–Crippen MR) is 122 cm³/mol. The topological polar surface area (TPSA) is 93.4 Å². The average Bonchev–Trinajstić information content (AvgIpc) is 3.10. The molecule has 0 amide bonds. The van der Waals surface area contributed by atoms with Gasteiger partial charge in [-0.05, 0) is 55.0 Å². The molecule has 5 rings (SSSR count). The standard InChI is InChI=1S/C23H26N8/c1-14(2)15-10-22(29-25-12-15)28-21-8-7-19-20(27-21)9-16(11-24-19)18-13-31(3)30-23(18)26-17-5-4-6-17/h7-14,17H,4-6H2,1-3H3,(H,26,30)(H,27,28,29). The van der Waals surface area contributed by atoms with Gasteiger partial charge in [-0.3, -0.25) is 9.67 Å². The minimum absolute atomic E-state index is 0.384. The van der Waals surface area contributed by atoms with Crippen LogP contribution >= 0.6 is 0 Å². The van der Waals surface area contributed by atoms with E-state index in [0.29, 0.717) is 23.6 Å². The second kappa shape index (κ2) is 7.94. The van der Waals surface area contributed by atoms with E-state index in [4.69, 9.17) is 4.98 Å². The van der Waals surface area contributed by atoms with Gasteiger partial charge in [0.2, 0.25) is 0 Å². The van der Waals surface area contributed by atoms with E-state index in [9.17, 15) is 0 Å². The van der Waals surface area contributed by atoms with Gasteiger partial charge >= 0.3 is 0 Å².